The average molecular weight is 382 g/mol. The lowest BCUT2D eigenvalue weighted by Gasteiger charge is -2.02. The highest BCUT2D eigenvalue weighted by Crippen LogP contribution is 2.22. The first kappa shape index (κ1) is 10.3. The number of pyridine rings is 1. The molecule has 72 valence electrons. The van der Waals surface area contributed by atoms with Gasteiger partial charge in [-0.2, -0.15) is 5.10 Å². The van der Waals surface area contributed by atoms with E-state index in [1.807, 2.05) is 12.3 Å². The van der Waals surface area contributed by atoms with Crippen LogP contribution in [0.4, 0.5) is 0 Å². The molecule has 3 nitrogen and oxygen atoms in total. The Morgan fingerprint density at radius 2 is 1.86 bits per heavy atom. The molecule has 0 aliphatic heterocycles. The summed E-state index contributed by atoms with van der Waals surface area (Å²) < 4.78 is 4.44. The molecule has 0 unspecified atom stereocenters. The van der Waals surface area contributed by atoms with Gasteiger partial charge in [0.15, 0.2) is 5.82 Å². The van der Waals surface area contributed by atoms with Crippen LogP contribution in [-0.2, 0) is 0 Å². The Hall–Kier alpha value is -0.200. The molecule has 2 rings (SSSR count). The van der Waals surface area contributed by atoms with Gasteiger partial charge in [-0.1, -0.05) is 0 Å². The minimum Gasteiger partial charge on any atom is -0.235 e. The monoisotopic (exact) mass is 379 g/mol. The van der Waals surface area contributed by atoms with Gasteiger partial charge in [-0.3, -0.25) is 0 Å². The van der Waals surface area contributed by atoms with Crippen molar-refractivity contribution in [3.05, 3.63) is 38.1 Å². The smallest absolute Gasteiger partial charge is 0.167 e. The molecule has 0 saturated heterocycles. The summed E-state index contributed by atoms with van der Waals surface area (Å²) in [5, 5.41) is 4.14. The quantitative estimate of drug-likeness (QED) is 0.756. The third-order valence-corrected chi connectivity index (χ3v) is 2.98. The third-order valence-electron chi connectivity index (χ3n) is 1.56. The molecule has 0 radical (unpaired) electrons. The van der Waals surface area contributed by atoms with Gasteiger partial charge in [-0.15, -0.1) is 0 Å². The molecule has 0 aliphatic carbocycles. The number of hydrogen-bond acceptors (Lipinski definition) is 2. The van der Waals surface area contributed by atoms with Gasteiger partial charge in [-0.25, -0.2) is 9.67 Å². The average Bonchev–Trinajstić information content (AvgIpc) is 2.51. The number of nitrogens with zero attached hydrogens (tertiary/aromatic N) is 3. The van der Waals surface area contributed by atoms with Crippen LogP contribution in [0.3, 0.4) is 0 Å². The van der Waals surface area contributed by atoms with E-state index in [1.165, 1.54) is 0 Å². The van der Waals surface area contributed by atoms with E-state index in [-0.39, 0.29) is 0 Å². The second-order valence-electron chi connectivity index (χ2n) is 2.56. The normalized spacial score (nSPS) is 10.5. The van der Waals surface area contributed by atoms with Crippen molar-refractivity contribution in [3.8, 4) is 5.82 Å². The topological polar surface area (TPSA) is 30.7 Å². The highest BCUT2D eigenvalue weighted by Gasteiger charge is 2.05. The van der Waals surface area contributed by atoms with Crippen LogP contribution in [-0.4, -0.2) is 14.8 Å². The second kappa shape index (κ2) is 4.12. The van der Waals surface area contributed by atoms with Crippen LogP contribution in [0.15, 0.2) is 38.1 Å². The molecule has 0 fully saturated rings. The first-order valence-corrected chi connectivity index (χ1v) is 6.06. The highest BCUT2D eigenvalue weighted by molar-refractivity contribution is 9.11. The van der Waals surface area contributed by atoms with Crippen LogP contribution in [0, 0.1) is 0 Å². The van der Waals surface area contributed by atoms with Crippen molar-refractivity contribution in [3.63, 3.8) is 0 Å². The fraction of sp³-hybridized carbons (Fsp3) is 0. The largest absolute Gasteiger partial charge is 0.235 e. The Labute approximate surface area is 106 Å². The minimum absolute atomic E-state index is 0.763. The number of rotatable bonds is 1. The van der Waals surface area contributed by atoms with E-state index in [2.05, 4.69) is 57.9 Å². The Balaban J connectivity index is 2.52. The summed E-state index contributed by atoms with van der Waals surface area (Å²) in [5.74, 6) is 0.763. The van der Waals surface area contributed by atoms with Gasteiger partial charge in [-0.05, 0) is 53.9 Å². The predicted molar refractivity (Wildman–Crippen MR) is 64.5 cm³/mol. The first-order chi connectivity index (χ1) is 6.66. The zero-order chi connectivity index (χ0) is 10.1. The molecule has 0 spiro atoms. The Morgan fingerprint density at radius 3 is 2.43 bits per heavy atom. The lowest BCUT2D eigenvalue weighted by molar-refractivity contribution is 0.840. The van der Waals surface area contributed by atoms with Crippen molar-refractivity contribution in [2.24, 2.45) is 0 Å². The SMILES string of the molecule is Brc1cnc(-n2cc(Br)cn2)c(Br)c1. The van der Waals surface area contributed by atoms with Crippen LogP contribution in [0.1, 0.15) is 0 Å². The second-order valence-corrected chi connectivity index (χ2v) is 5.25. The third kappa shape index (κ3) is 2.07. The van der Waals surface area contributed by atoms with Gasteiger partial charge in [0, 0.05) is 16.9 Å². The van der Waals surface area contributed by atoms with Crippen LogP contribution in [0.5, 0.6) is 0 Å². The standard InChI is InChI=1S/C8H4Br3N3/c9-5-1-7(11)8(12-2-5)14-4-6(10)3-13-14/h1-4H. The van der Waals surface area contributed by atoms with Crippen molar-refractivity contribution in [2.45, 2.75) is 0 Å². The summed E-state index contributed by atoms with van der Waals surface area (Å²) in [7, 11) is 0. The molecule has 2 aromatic heterocycles. The van der Waals surface area contributed by atoms with E-state index < -0.39 is 0 Å². The van der Waals surface area contributed by atoms with E-state index in [1.54, 1.807) is 17.1 Å². The zero-order valence-corrected chi connectivity index (χ0v) is 11.5. The summed E-state index contributed by atoms with van der Waals surface area (Å²) in [4.78, 5) is 4.25. The molecule has 6 heteroatoms. The molecule has 0 atom stereocenters. The van der Waals surface area contributed by atoms with Crippen molar-refractivity contribution in [2.75, 3.05) is 0 Å². The molecule has 14 heavy (non-hydrogen) atoms. The molecule has 0 aromatic carbocycles. The molecule has 2 aromatic rings. The van der Waals surface area contributed by atoms with Gasteiger partial charge in [0.1, 0.15) is 0 Å². The number of aromatic nitrogens is 3. The van der Waals surface area contributed by atoms with Gasteiger partial charge >= 0.3 is 0 Å². The van der Waals surface area contributed by atoms with Gasteiger partial charge < -0.3 is 0 Å². The van der Waals surface area contributed by atoms with Crippen molar-refractivity contribution in [1.82, 2.24) is 14.8 Å². The van der Waals surface area contributed by atoms with Gasteiger partial charge in [0.05, 0.1) is 15.1 Å². The fourth-order valence-corrected chi connectivity index (χ4v) is 2.45. The summed E-state index contributed by atoms with van der Waals surface area (Å²) in [6.45, 7) is 0. The summed E-state index contributed by atoms with van der Waals surface area (Å²) in [6, 6.07) is 1.93. The summed E-state index contributed by atoms with van der Waals surface area (Å²) in [6.07, 6.45) is 5.30. The molecule has 0 amide bonds. The van der Waals surface area contributed by atoms with E-state index >= 15 is 0 Å². The van der Waals surface area contributed by atoms with Crippen molar-refractivity contribution >= 4 is 47.8 Å². The molecule has 0 aliphatic rings. The maximum Gasteiger partial charge on any atom is 0.167 e. The number of halogens is 3. The zero-order valence-electron chi connectivity index (χ0n) is 6.78. The van der Waals surface area contributed by atoms with E-state index in [0.29, 0.717) is 0 Å². The van der Waals surface area contributed by atoms with Gasteiger partial charge in [0.2, 0.25) is 0 Å². The fourth-order valence-electron chi connectivity index (χ4n) is 0.993. The molecule has 0 N–H and O–H groups in total. The van der Waals surface area contributed by atoms with Crippen molar-refractivity contribution in [1.29, 1.82) is 0 Å². The van der Waals surface area contributed by atoms with E-state index in [0.717, 1.165) is 19.2 Å². The lowest BCUT2D eigenvalue weighted by atomic mass is 10.5. The van der Waals surface area contributed by atoms with Crippen LogP contribution < -0.4 is 0 Å². The molecular weight excluding hydrogens is 378 g/mol. The summed E-state index contributed by atoms with van der Waals surface area (Å²) in [5.41, 5.74) is 0. The Kier molecular flexibility index (Phi) is 3.04. The molecule has 2 heterocycles. The highest BCUT2D eigenvalue weighted by atomic mass is 79.9. The van der Waals surface area contributed by atoms with Crippen molar-refractivity contribution < 1.29 is 0 Å². The van der Waals surface area contributed by atoms with Crippen LogP contribution in [0.2, 0.25) is 0 Å². The Bertz CT molecular complexity index is 467. The molecule has 0 bridgehead atoms. The first-order valence-electron chi connectivity index (χ1n) is 3.68. The predicted octanol–water partition coefficient (Wildman–Crippen LogP) is 3.55. The van der Waals surface area contributed by atoms with E-state index in [9.17, 15) is 0 Å². The van der Waals surface area contributed by atoms with Crippen LogP contribution >= 0.6 is 47.8 Å². The Morgan fingerprint density at radius 1 is 1.07 bits per heavy atom. The summed E-state index contributed by atoms with van der Waals surface area (Å²) >= 11 is 10.1. The number of hydrogen-bond donors (Lipinski definition) is 0. The maximum absolute atomic E-state index is 4.25. The van der Waals surface area contributed by atoms with Gasteiger partial charge in [0.25, 0.3) is 0 Å². The minimum atomic E-state index is 0.763. The molecule has 0 saturated carbocycles. The lowest BCUT2D eigenvalue weighted by Crippen LogP contribution is -1.98. The molecular formula is C8H4Br3N3. The van der Waals surface area contributed by atoms with Crippen LogP contribution in [0.25, 0.3) is 5.82 Å². The maximum atomic E-state index is 4.25. The van der Waals surface area contributed by atoms with E-state index in [4.69, 9.17) is 0 Å².